The minimum Gasteiger partial charge on any atom is -0.320 e. The molecule has 0 aliphatic heterocycles. The maximum Gasteiger partial charge on any atom is 0.258 e. The maximum atomic E-state index is 11.8. The average molecular weight is 316 g/mol. The lowest BCUT2D eigenvalue weighted by Gasteiger charge is -2.04. The number of anilines is 1. The molecule has 0 aliphatic carbocycles. The molecule has 1 amide bonds. The highest BCUT2D eigenvalue weighted by Gasteiger charge is 2.09. The summed E-state index contributed by atoms with van der Waals surface area (Å²) in [4.78, 5) is 15.7. The molecule has 0 radical (unpaired) electrons. The van der Waals surface area contributed by atoms with E-state index in [4.69, 9.17) is 11.6 Å². The fourth-order valence-electron chi connectivity index (χ4n) is 1.23. The fraction of sp³-hybridized carbons (Fsp3) is 0.100. The van der Waals surface area contributed by atoms with Gasteiger partial charge in [0.15, 0.2) is 0 Å². The van der Waals surface area contributed by atoms with Crippen LogP contribution in [-0.2, 0) is 7.05 Å². The van der Waals surface area contributed by atoms with E-state index < -0.39 is 0 Å². The summed E-state index contributed by atoms with van der Waals surface area (Å²) in [5.74, 6) is -0.242. The summed E-state index contributed by atoms with van der Waals surface area (Å²) in [6.45, 7) is 0. The van der Waals surface area contributed by atoms with Crippen LogP contribution in [0.1, 0.15) is 10.4 Å². The highest BCUT2D eigenvalue weighted by Crippen LogP contribution is 2.23. The van der Waals surface area contributed by atoms with Crippen molar-refractivity contribution in [2.24, 2.45) is 7.05 Å². The van der Waals surface area contributed by atoms with Crippen LogP contribution in [0.5, 0.6) is 0 Å². The van der Waals surface area contributed by atoms with Gasteiger partial charge in [0, 0.05) is 13.2 Å². The van der Waals surface area contributed by atoms with E-state index >= 15 is 0 Å². The molecule has 88 valence electrons. The van der Waals surface area contributed by atoms with Crippen LogP contribution in [0.4, 0.5) is 5.69 Å². The van der Waals surface area contributed by atoms with Gasteiger partial charge in [-0.15, -0.1) is 0 Å². The van der Waals surface area contributed by atoms with Gasteiger partial charge >= 0.3 is 0 Å². The Bertz CT molecular complexity index is 569. The number of halogens is 2. The number of hydrogen-bond acceptors (Lipinski definition) is 3. The third kappa shape index (κ3) is 2.83. The molecule has 0 aliphatic rings. The molecule has 7 heteroatoms. The van der Waals surface area contributed by atoms with Crippen LogP contribution in [0.25, 0.3) is 0 Å². The van der Waals surface area contributed by atoms with E-state index in [9.17, 15) is 4.79 Å². The van der Waals surface area contributed by atoms with Gasteiger partial charge in [-0.3, -0.25) is 9.48 Å². The molecule has 0 aromatic carbocycles. The number of carbonyl (C=O) groups excluding carboxylic acids is 1. The van der Waals surface area contributed by atoms with Gasteiger partial charge < -0.3 is 5.32 Å². The number of carbonyl (C=O) groups is 1. The van der Waals surface area contributed by atoms with Gasteiger partial charge in [-0.1, -0.05) is 11.6 Å². The first kappa shape index (κ1) is 12.1. The van der Waals surface area contributed by atoms with E-state index in [1.54, 1.807) is 24.0 Å². The number of pyridine rings is 1. The predicted molar refractivity (Wildman–Crippen MR) is 68.1 cm³/mol. The van der Waals surface area contributed by atoms with Crippen LogP contribution < -0.4 is 5.32 Å². The third-order valence-electron chi connectivity index (χ3n) is 2.02. The SMILES string of the molecule is Cn1cc(C(=O)Nc2cnc(Cl)c(Br)c2)cn1. The summed E-state index contributed by atoms with van der Waals surface area (Å²) >= 11 is 8.99. The number of nitrogens with zero attached hydrogens (tertiary/aromatic N) is 3. The molecule has 2 rings (SSSR count). The lowest BCUT2D eigenvalue weighted by molar-refractivity contribution is 0.102. The van der Waals surface area contributed by atoms with E-state index in [1.807, 2.05) is 0 Å². The van der Waals surface area contributed by atoms with Crippen molar-refractivity contribution in [1.82, 2.24) is 14.8 Å². The molecule has 5 nitrogen and oxygen atoms in total. The van der Waals surface area contributed by atoms with Crippen LogP contribution in [-0.4, -0.2) is 20.7 Å². The summed E-state index contributed by atoms with van der Waals surface area (Å²) in [5, 5.41) is 6.97. The largest absolute Gasteiger partial charge is 0.320 e. The molecular weight excluding hydrogens is 307 g/mol. The van der Waals surface area contributed by atoms with E-state index in [0.717, 1.165) is 0 Å². The first-order valence-corrected chi connectivity index (χ1v) is 5.84. The molecule has 0 fully saturated rings. The molecule has 2 heterocycles. The third-order valence-corrected chi connectivity index (χ3v) is 3.16. The molecule has 0 spiro atoms. The summed E-state index contributed by atoms with van der Waals surface area (Å²) in [5.41, 5.74) is 1.05. The number of amides is 1. The highest BCUT2D eigenvalue weighted by molar-refractivity contribution is 9.10. The van der Waals surface area contributed by atoms with E-state index in [-0.39, 0.29) is 5.91 Å². The minimum atomic E-state index is -0.242. The van der Waals surface area contributed by atoms with Crippen LogP contribution in [0.15, 0.2) is 29.1 Å². The average Bonchev–Trinajstić information content (AvgIpc) is 2.70. The molecule has 1 N–H and O–H groups in total. The normalized spacial score (nSPS) is 10.3. The second-order valence-corrected chi connectivity index (χ2v) is 4.57. The van der Waals surface area contributed by atoms with Crippen molar-refractivity contribution in [1.29, 1.82) is 0 Å². The Labute approximate surface area is 111 Å². The van der Waals surface area contributed by atoms with Crippen LogP contribution in [0.3, 0.4) is 0 Å². The zero-order valence-corrected chi connectivity index (χ0v) is 11.2. The Morgan fingerprint density at radius 2 is 2.29 bits per heavy atom. The lowest BCUT2D eigenvalue weighted by Crippen LogP contribution is -2.11. The topological polar surface area (TPSA) is 59.8 Å². The zero-order valence-electron chi connectivity index (χ0n) is 8.82. The summed E-state index contributed by atoms with van der Waals surface area (Å²) in [6.07, 6.45) is 4.61. The van der Waals surface area contributed by atoms with Gasteiger partial charge in [-0.25, -0.2) is 4.98 Å². The standard InChI is InChI=1S/C10H8BrClN4O/c1-16-5-6(3-14-16)10(17)15-7-2-8(11)9(12)13-4-7/h2-5H,1H3,(H,15,17). The smallest absolute Gasteiger partial charge is 0.258 e. The number of hydrogen-bond donors (Lipinski definition) is 1. The number of aromatic nitrogens is 3. The minimum absolute atomic E-state index is 0.242. The maximum absolute atomic E-state index is 11.8. The van der Waals surface area contributed by atoms with Gasteiger partial charge in [0.1, 0.15) is 5.15 Å². The first-order chi connectivity index (χ1) is 8.06. The molecule has 0 bridgehead atoms. The molecule has 0 saturated heterocycles. The van der Waals surface area contributed by atoms with Crippen molar-refractivity contribution in [3.63, 3.8) is 0 Å². The van der Waals surface area contributed by atoms with E-state index in [0.29, 0.717) is 20.9 Å². The lowest BCUT2D eigenvalue weighted by atomic mass is 10.3. The first-order valence-electron chi connectivity index (χ1n) is 4.67. The van der Waals surface area contributed by atoms with Crippen molar-refractivity contribution >= 4 is 39.1 Å². The quantitative estimate of drug-likeness (QED) is 0.866. The second-order valence-electron chi connectivity index (χ2n) is 3.35. The van der Waals surface area contributed by atoms with Gasteiger partial charge in [-0.05, 0) is 22.0 Å². The van der Waals surface area contributed by atoms with Gasteiger partial charge in [-0.2, -0.15) is 5.10 Å². The Morgan fingerprint density at radius 1 is 1.53 bits per heavy atom. The number of rotatable bonds is 2. The van der Waals surface area contributed by atoms with E-state index in [2.05, 4.69) is 31.3 Å². The van der Waals surface area contributed by atoms with Crippen molar-refractivity contribution in [3.8, 4) is 0 Å². The van der Waals surface area contributed by atoms with Crippen LogP contribution in [0, 0.1) is 0 Å². The van der Waals surface area contributed by atoms with Gasteiger partial charge in [0.25, 0.3) is 5.91 Å². The zero-order chi connectivity index (χ0) is 12.4. The molecule has 2 aromatic heterocycles. The molecular formula is C10H8BrClN4O. The molecule has 0 saturated carbocycles. The Morgan fingerprint density at radius 3 is 2.88 bits per heavy atom. The molecule has 17 heavy (non-hydrogen) atoms. The summed E-state index contributed by atoms with van der Waals surface area (Å²) < 4.78 is 2.19. The van der Waals surface area contributed by atoms with Crippen molar-refractivity contribution in [3.05, 3.63) is 39.8 Å². The van der Waals surface area contributed by atoms with Crippen LogP contribution in [0.2, 0.25) is 5.15 Å². The molecule has 0 atom stereocenters. The van der Waals surface area contributed by atoms with Crippen LogP contribution >= 0.6 is 27.5 Å². The second kappa shape index (κ2) is 4.85. The van der Waals surface area contributed by atoms with Crippen molar-refractivity contribution in [2.45, 2.75) is 0 Å². The predicted octanol–water partition coefficient (Wildman–Crippen LogP) is 2.48. The van der Waals surface area contributed by atoms with E-state index in [1.165, 1.54) is 12.4 Å². The highest BCUT2D eigenvalue weighted by atomic mass is 79.9. The Balaban J connectivity index is 2.15. The fourth-order valence-corrected chi connectivity index (χ4v) is 1.68. The molecule has 2 aromatic rings. The Kier molecular flexibility index (Phi) is 3.44. The number of nitrogens with one attached hydrogen (secondary N) is 1. The molecule has 0 unspecified atom stereocenters. The number of aryl methyl sites for hydroxylation is 1. The van der Waals surface area contributed by atoms with Crippen molar-refractivity contribution in [2.75, 3.05) is 5.32 Å². The summed E-state index contributed by atoms with van der Waals surface area (Å²) in [6, 6.07) is 1.68. The Hall–Kier alpha value is -1.40. The van der Waals surface area contributed by atoms with Gasteiger partial charge in [0.05, 0.1) is 28.1 Å². The van der Waals surface area contributed by atoms with Crippen molar-refractivity contribution < 1.29 is 4.79 Å². The monoisotopic (exact) mass is 314 g/mol. The van der Waals surface area contributed by atoms with Gasteiger partial charge in [0.2, 0.25) is 0 Å². The summed E-state index contributed by atoms with van der Waals surface area (Å²) in [7, 11) is 1.75.